The third kappa shape index (κ3) is 2.93. The highest BCUT2D eigenvalue weighted by atomic mass is 32.2. The van der Waals surface area contributed by atoms with Crippen LogP contribution in [0.2, 0.25) is 0 Å². The number of fused-ring (bicyclic) bond motifs is 3. The first-order valence-corrected chi connectivity index (χ1v) is 10.4. The zero-order valence-electron chi connectivity index (χ0n) is 16.6. The lowest BCUT2D eigenvalue weighted by molar-refractivity contribution is -0.126. The molecule has 0 aliphatic carbocycles. The Morgan fingerprint density at radius 1 is 1.36 bits per heavy atom. The molecule has 152 valence electrons. The SMILES string of the molecule is COc1ccc2c(c1OC)C(=O)N1[C@@H](C(=O)NC[C@@H]3CCCO3)C(C)(C)S[C@@H]21. The van der Waals surface area contributed by atoms with Crippen LogP contribution in [0, 0.1) is 0 Å². The average molecular weight is 407 g/mol. The monoisotopic (exact) mass is 406 g/mol. The molecule has 8 heteroatoms. The van der Waals surface area contributed by atoms with E-state index in [0.29, 0.717) is 23.6 Å². The zero-order chi connectivity index (χ0) is 20.1. The summed E-state index contributed by atoms with van der Waals surface area (Å²) in [5.74, 6) is 0.615. The van der Waals surface area contributed by atoms with E-state index in [9.17, 15) is 9.59 Å². The smallest absolute Gasteiger partial charge is 0.260 e. The second kappa shape index (κ2) is 7.15. The molecule has 0 spiro atoms. The van der Waals surface area contributed by atoms with Crippen molar-refractivity contribution < 1.29 is 23.8 Å². The van der Waals surface area contributed by atoms with Crippen LogP contribution in [0.15, 0.2) is 12.1 Å². The van der Waals surface area contributed by atoms with Gasteiger partial charge in [0.1, 0.15) is 11.4 Å². The molecule has 2 amide bonds. The molecule has 3 aliphatic heterocycles. The van der Waals surface area contributed by atoms with Crippen LogP contribution in [0.4, 0.5) is 0 Å². The molecule has 1 aromatic carbocycles. The summed E-state index contributed by atoms with van der Waals surface area (Å²) >= 11 is 1.63. The number of benzene rings is 1. The van der Waals surface area contributed by atoms with Gasteiger partial charge in [-0.05, 0) is 32.8 Å². The molecule has 3 heterocycles. The van der Waals surface area contributed by atoms with Crippen molar-refractivity contribution in [2.24, 2.45) is 0 Å². The third-order valence-corrected chi connectivity index (χ3v) is 7.21. The van der Waals surface area contributed by atoms with Gasteiger partial charge in [-0.25, -0.2) is 0 Å². The second-order valence-corrected chi connectivity index (χ2v) is 9.57. The molecule has 2 saturated heterocycles. The third-order valence-electron chi connectivity index (χ3n) is 5.67. The fourth-order valence-electron chi connectivity index (χ4n) is 4.37. The minimum atomic E-state index is -0.570. The van der Waals surface area contributed by atoms with Crippen molar-refractivity contribution in [1.29, 1.82) is 0 Å². The lowest BCUT2D eigenvalue weighted by atomic mass is 10.0. The summed E-state index contributed by atoms with van der Waals surface area (Å²) in [6.45, 7) is 5.25. The first-order chi connectivity index (χ1) is 13.4. The van der Waals surface area contributed by atoms with Crippen molar-refractivity contribution >= 4 is 23.6 Å². The Hall–Kier alpha value is -1.93. The number of thioether (sulfide) groups is 1. The van der Waals surface area contributed by atoms with Gasteiger partial charge < -0.3 is 24.4 Å². The number of rotatable bonds is 5. The predicted octanol–water partition coefficient (Wildman–Crippen LogP) is 2.35. The number of amides is 2. The van der Waals surface area contributed by atoms with E-state index in [1.807, 2.05) is 26.0 Å². The minimum Gasteiger partial charge on any atom is -0.493 e. The fourth-order valence-corrected chi connectivity index (χ4v) is 5.95. The Morgan fingerprint density at radius 3 is 2.79 bits per heavy atom. The van der Waals surface area contributed by atoms with E-state index in [4.69, 9.17) is 14.2 Å². The van der Waals surface area contributed by atoms with Gasteiger partial charge in [0.15, 0.2) is 11.5 Å². The standard InChI is InChI=1S/C20H26N2O5S/c1-20(2)16(17(23)21-10-11-6-5-9-27-11)22-18(24)14-12(19(22)28-20)7-8-13(25-3)15(14)26-4/h7-8,11,16,19H,5-6,9-10H2,1-4H3,(H,21,23)/t11-,16-,19-/m0/s1. The Kier molecular flexibility index (Phi) is 4.95. The molecule has 2 fully saturated rings. The summed E-state index contributed by atoms with van der Waals surface area (Å²) in [6, 6.07) is 3.14. The maximum atomic E-state index is 13.4. The van der Waals surface area contributed by atoms with Gasteiger partial charge in [-0.1, -0.05) is 6.07 Å². The molecular formula is C20H26N2O5S. The number of carbonyl (C=O) groups is 2. The van der Waals surface area contributed by atoms with Gasteiger partial charge in [0, 0.05) is 23.5 Å². The number of nitrogens with zero attached hydrogens (tertiary/aromatic N) is 1. The summed E-state index contributed by atoms with van der Waals surface area (Å²) < 4.78 is 16.0. The molecule has 3 aliphatic rings. The van der Waals surface area contributed by atoms with Crippen LogP contribution in [0.1, 0.15) is 48.0 Å². The first-order valence-electron chi connectivity index (χ1n) is 9.53. The van der Waals surface area contributed by atoms with E-state index in [0.717, 1.165) is 25.0 Å². The van der Waals surface area contributed by atoms with E-state index in [2.05, 4.69) is 5.32 Å². The molecule has 1 aromatic rings. The van der Waals surface area contributed by atoms with Crippen molar-refractivity contribution in [3.63, 3.8) is 0 Å². The molecule has 0 bridgehead atoms. The molecule has 0 unspecified atom stereocenters. The summed E-state index contributed by atoms with van der Waals surface area (Å²) in [6.07, 6.45) is 2.04. The van der Waals surface area contributed by atoms with Gasteiger partial charge in [-0.3, -0.25) is 9.59 Å². The van der Waals surface area contributed by atoms with E-state index in [-0.39, 0.29) is 23.3 Å². The van der Waals surface area contributed by atoms with Crippen LogP contribution in [-0.2, 0) is 9.53 Å². The van der Waals surface area contributed by atoms with E-state index in [1.165, 1.54) is 7.11 Å². The predicted molar refractivity (Wildman–Crippen MR) is 106 cm³/mol. The number of ether oxygens (including phenoxy) is 3. The molecular weight excluding hydrogens is 380 g/mol. The molecule has 4 rings (SSSR count). The normalized spacial score (nSPS) is 27.5. The molecule has 3 atom stereocenters. The molecule has 0 radical (unpaired) electrons. The summed E-state index contributed by atoms with van der Waals surface area (Å²) in [7, 11) is 3.07. The lowest BCUT2D eigenvalue weighted by Gasteiger charge is -2.30. The Bertz CT molecular complexity index is 806. The van der Waals surface area contributed by atoms with Crippen LogP contribution in [0.3, 0.4) is 0 Å². The van der Waals surface area contributed by atoms with E-state index < -0.39 is 10.8 Å². The highest BCUT2D eigenvalue weighted by Gasteiger charge is 2.58. The van der Waals surface area contributed by atoms with Gasteiger partial charge in [-0.15, -0.1) is 11.8 Å². The van der Waals surface area contributed by atoms with Crippen molar-refractivity contribution in [2.75, 3.05) is 27.4 Å². The largest absolute Gasteiger partial charge is 0.493 e. The van der Waals surface area contributed by atoms with Crippen molar-refractivity contribution in [2.45, 2.75) is 49.0 Å². The van der Waals surface area contributed by atoms with E-state index >= 15 is 0 Å². The molecule has 1 N–H and O–H groups in total. The highest BCUT2D eigenvalue weighted by molar-refractivity contribution is 8.01. The Labute approximate surface area is 169 Å². The van der Waals surface area contributed by atoms with Gasteiger partial charge in [-0.2, -0.15) is 0 Å². The van der Waals surface area contributed by atoms with Crippen LogP contribution >= 0.6 is 11.8 Å². The van der Waals surface area contributed by atoms with Gasteiger partial charge >= 0.3 is 0 Å². The molecule has 0 saturated carbocycles. The number of hydrogen-bond acceptors (Lipinski definition) is 6. The fraction of sp³-hybridized carbons (Fsp3) is 0.600. The van der Waals surface area contributed by atoms with Crippen LogP contribution < -0.4 is 14.8 Å². The zero-order valence-corrected chi connectivity index (χ0v) is 17.4. The van der Waals surface area contributed by atoms with Crippen LogP contribution in [0.5, 0.6) is 11.5 Å². The number of hydrogen-bond donors (Lipinski definition) is 1. The van der Waals surface area contributed by atoms with Crippen LogP contribution in [0.25, 0.3) is 0 Å². The first kappa shape index (κ1) is 19.4. The van der Waals surface area contributed by atoms with Crippen molar-refractivity contribution in [1.82, 2.24) is 10.2 Å². The van der Waals surface area contributed by atoms with Crippen LogP contribution in [-0.4, -0.2) is 61.0 Å². The minimum absolute atomic E-state index is 0.0627. The van der Waals surface area contributed by atoms with Crippen molar-refractivity contribution in [3.8, 4) is 11.5 Å². The van der Waals surface area contributed by atoms with E-state index in [1.54, 1.807) is 23.8 Å². The van der Waals surface area contributed by atoms with Gasteiger partial charge in [0.05, 0.1) is 25.9 Å². The van der Waals surface area contributed by atoms with Gasteiger partial charge in [0.25, 0.3) is 5.91 Å². The molecule has 0 aromatic heterocycles. The Balaban J connectivity index is 1.63. The molecule has 28 heavy (non-hydrogen) atoms. The average Bonchev–Trinajstić information content (AvgIpc) is 3.34. The number of methoxy groups -OCH3 is 2. The van der Waals surface area contributed by atoms with Gasteiger partial charge in [0.2, 0.25) is 5.91 Å². The molecule has 7 nitrogen and oxygen atoms in total. The van der Waals surface area contributed by atoms with Crippen molar-refractivity contribution in [3.05, 3.63) is 23.3 Å². The quantitative estimate of drug-likeness (QED) is 0.809. The summed E-state index contributed by atoms with van der Waals surface area (Å²) in [5, 5.41) is 2.79. The number of carbonyl (C=O) groups excluding carboxylic acids is 2. The second-order valence-electron chi connectivity index (χ2n) is 7.83. The highest BCUT2D eigenvalue weighted by Crippen LogP contribution is 2.58. The number of nitrogens with one attached hydrogen (secondary N) is 1. The summed E-state index contributed by atoms with van der Waals surface area (Å²) in [5.41, 5.74) is 1.36. The Morgan fingerprint density at radius 2 is 2.14 bits per heavy atom. The maximum absolute atomic E-state index is 13.4. The maximum Gasteiger partial charge on any atom is 0.260 e. The lowest BCUT2D eigenvalue weighted by Crippen LogP contribution is -2.53. The summed E-state index contributed by atoms with van der Waals surface area (Å²) in [4.78, 5) is 28.2. The topological polar surface area (TPSA) is 77.1 Å².